The topological polar surface area (TPSA) is 150 Å². The highest BCUT2D eigenvalue weighted by atomic mass is 35.5. The van der Waals surface area contributed by atoms with E-state index in [-0.39, 0.29) is 28.4 Å². The number of rotatable bonds is 3. The van der Waals surface area contributed by atoms with E-state index in [1.807, 2.05) is 0 Å². The van der Waals surface area contributed by atoms with Crippen molar-refractivity contribution >= 4 is 43.9 Å². The summed E-state index contributed by atoms with van der Waals surface area (Å²) < 4.78 is 46.9. The van der Waals surface area contributed by atoms with Crippen molar-refractivity contribution in [2.45, 2.75) is 16.7 Å². The Kier molecular flexibility index (Phi) is 6.13. The minimum absolute atomic E-state index is 0. The van der Waals surface area contributed by atoms with Crippen molar-refractivity contribution in [3.8, 4) is 0 Å². The van der Waals surface area contributed by atoms with Crippen LogP contribution in [-0.2, 0) is 19.7 Å². The molecule has 124 valence electrons. The Hall–Kier alpha value is -1.65. The molecule has 0 radical (unpaired) electrons. The van der Waals surface area contributed by atoms with Crippen molar-refractivity contribution < 1.29 is 21.6 Å². The van der Waals surface area contributed by atoms with E-state index in [0.29, 0.717) is 0 Å². The number of halogens is 1. The lowest BCUT2D eigenvalue weighted by molar-refractivity contribution is 0.100. The first-order valence-electron chi connectivity index (χ1n) is 5.52. The molecule has 0 aromatic heterocycles. The van der Waals surface area contributed by atoms with E-state index in [2.05, 4.69) is 4.99 Å². The second-order valence-corrected chi connectivity index (χ2v) is 8.47. The molecule has 0 saturated carbocycles. The van der Waals surface area contributed by atoms with Gasteiger partial charge in [0.1, 0.15) is 0 Å². The Balaban J connectivity index is 0.00000441. The summed E-state index contributed by atoms with van der Waals surface area (Å²) in [7, 11) is -7.64. The average molecular weight is 373 g/mol. The summed E-state index contributed by atoms with van der Waals surface area (Å²) in [6, 6.07) is 2.08. The normalized spacial score (nSPS) is 11.4. The lowest BCUT2D eigenvalue weighted by Crippen LogP contribution is -2.24. The highest BCUT2D eigenvalue weighted by molar-refractivity contribution is 7.93. The maximum Gasteiger partial charge on any atom is 0.280 e. The minimum Gasteiger partial charge on any atom is -0.370 e. The molecule has 1 aromatic rings. The number of sulfone groups is 2. The zero-order chi connectivity index (χ0) is 16.6. The summed E-state index contributed by atoms with van der Waals surface area (Å²) in [6.45, 7) is 1.45. The fraction of sp³-hybridized carbons (Fsp3) is 0.273. The van der Waals surface area contributed by atoms with E-state index in [1.165, 1.54) is 6.92 Å². The van der Waals surface area contributed by atoms with Crippen LogP contribution in [0, 0.1) is 6.92 Å². The number of carbonyl (C=O) groups is 1. The molecule has 1 aromatic carbocycles. The van der Waals surface area contributed by atoms with Crippen LogP contribution in [-0.4, -0.2) is 41.2 Å². The van der Waals surface area contributed by atoms with Crippen molar-refractivity contribution in [3.05, 3.63) is 23.3 Å². The van der Waals surface area contributed by atoms with E-state index >= 15 is 0 Å². The summed E-state index contributed by atoms with van der Waals surface area (Å²) >= 11 is 0. The van der Waals surface area contributed by atoms with Crippen LogP contribution in [0.4, 0.5) is 0 Å². The SMILES string of the molecule is Cc1cc(S(C)(=O)=O)c(S(C)(=O)=O)cc1C(=O)[15N]=C([15NH2])[15NH2].Cl. The number of carbonyl (C=O) groups excluding carboxylic acids is 1. The van der Waals surface area contributed by atoms with Crippen LogP contribution in [0.2, 0.25) is 0 Å². The number of aliphatic imine (C=N–C) groups is 1. The fourth-order valence-electron chi connectivity index (χ4n) is 1.65. The van der Waals surface area contributed by atoms with Gasteiger partial charge in [-0.3, -0.25) is 4.79 Å². The summed E-state index contributed by atoms with van der Waals surface area (Å²) in [6.07, 6.45) is 1.73. The van der Waals surface area contributed by atoms with Gasteiger partial charge < -0.3 is 11.5 Å². The summed E-state index contributed by atoms with van der Waals surface area (Å²) in [5.74, 6) is -1.33. The van der Waals surface area contributed by atoms with Gasteiger partial charge in [0, 0.05) is 18.1 Å². The second kappa shape index (κ2) is 6.63. The van der Waals surface area contributed by atoms with Crippen molar-refractivity contribution in [1.29, 1.82) is 0 Å². The third kappa shape index (κ3) is 4.68. The second-order valence-electron chi connectivity index (χ2n) is 4.50. The van der Waals surface area contributed by atoms with E-state index in [9.17, 15) is 21.6 Å². The fourth-order valence-corrected chi connectivity index (χ4v) is 4.13. The number of hydrogen-bond acceptors (Lipinski definition) is 5. The van der Waals surface area contributed by atoms with Gasteiger partial charge in [-0.2, -0.15) is 4.99 Å². The molecule has 1 amide bonds. The molecular weight excluding hydrogens is 357 g/mol. The molecule has 11 heteroatoms. The highest BCUT2D eigenvalue weighted by Crippen LogP contribution is 2.25. The van der Waals surface area contributed by atoms with Crippen LogP contribution >= 0.6 is 12.4 Å². The largest absolute Gasteiger partial charge is 0.370 e. The van der Waals surface area contributed by atoms with Gasteiger partial charge in [-0.15, -0.1) is 12.4 Å². The third-order valence-electron chi connectivity index (χ3n) is 2.55. The number of nitrogens with two attached hydrogens (primary N) is 2. The maximum absolute atomic E-state index is 11.8. The summed E-state index contributed by atoms with van der Waals surface area (Å²) in [4.78, 5) is 14.3. The van der Waals surface area contributed by atoms with Gasteiger partial charge >= 0.3 is 0 Å². The number of benzene rings is 1. The number of nitrogens with zero attached hydrogens (tertiary/aromatic N) is 1. The molecule has 0 spiro atoms. The molecule has 1 rings (SSSR count). The average Bonchev–Trinajstić information content (AvgIpc) is 2.24. The molecule has 0 saturated heterocycles. The Morgan fingerprint density at radius 3 is 1.77 bits per heavy atom. The zero-order valence-electron chi connectivity index (χ0n) is 12.0. The molecule has 0 bridgehead atoms. The Morgan fingerprint density at radius 2 is 1.41 bits per heavy atom. The lowest BCUT2D eigenvalue weighted by atomic mass is 10.1. The van der Waals surface area contributed by atoms with Crippen molar-refractivity contribution in [2.75, 3.05) is 12.5 Å². The molecule has 0 aliphatic heterocycles. The van der Waals surface area contributed by atoms with Crippen molar-refractivity contribution in [2.24, 2.45) is 16.5 Å². The lowest BCUT2D eigenvalue weighted by Gasteiger charge is -2.10. The molecule has 0 fully saturated rings. The zero-order valence-corrected chi connectivity index (χ0v) is 14.5. The molecule has 0 heterocycles. The first kappa shape index (κ1) is 20.3. The van der Waals surface area contributed by atoms with Crippen molar-refractivity contribution in [1.82, 2.24) is 0 Å². The monoisotopic (exact) mass is 372 g/mol. The van der Waals surface area contributed by atoms with E-state index in [4.69, 9.17) is 11.5 Å². The minimum atomic E-state index is -3.86. The smallest absolute Gasteiger partial charge is 0.280 e. The van der Waals surface area contributed by atoms with E-state index < -0.39 is 36.4 Å². The maximum atomic E-state index is 11.8. The van der Waals surface area contributed by atoms with Gasteiger partial charge in [0.15, 0.2) is 25.6 Å². The van der Waals surface area contributed by atoms with Gasteiger partial charge in [0.25, 0.3) is 5.91 Å². The van der Waals surface area contributed by atoms with Crippen LogP contribution in [0.5, 0.6) is 0 Å². The Morgan fingerprint density at radius 1 is 1.00 bits per heavy atom. The number of hydrogen-bond donors (Lipinski definition) is 2. The molecular formula is C11H16ClN3O5S2. The van der Waals surface area contributed by atoms with Crippen LogP contribution in [0.3, 0.4) is 0 Å². The van der Waals surface area contributed by atoms with Crippen molar-refractivity contribution in [3.63, 3.8) is 0 Å². The molecule has 0 aliphatic rings. The quantitative estimate of drug-likeness (QED) is 0.417. The Labute approximate surface area is 134 Å². The molecule has 0 atom stereocenters. The molecule has 0 unspecified atom stereocenters. The predicted octanol–water partition coefficient (Wildman–Crippen LogP) is -0.363. The van der Waals surface area contributed by atoms with Gasteiger partial charge in [0.05, 0.1) is 9.79 Å². The standard InChI is InChI=1S/C11H15N3O5S2.ClH/c1-6-4-8(20(2,16)17)9(21(3,18)19)5-7(6)10(15)14-11(12)13;/h4-5H,1-3H3,(H4,12,13,14,15);1H/i12+1,13+1,14+1;. The molecule has 8 nitrogen and oxygen atoms in total. The third-order valence-corrected chi connectivity index (χ3v) is 4.95. The molecule has 4 N–H and O–H groups in total. The summed E-state index contributed by atoms with van der Waals surface area (Å²) in [5, 5.41) is 0. The van der Waals surface area contributed by atoms with Crippen LogP contribution in [0.25, 0.3) is 0 Å². The Bertz CT molecular complexity index is 841. The van der Waals surface area contributed by atoms with Gasteiger partial charge in [-0.25, -0.2) is 16.8 Å². The first-order valence-corrected chi connectivity index (χ1v) is 9.31. The number of amides is 1. The van der Waals surface area contributed by atoms with Gasteiger partial charge in [-0.1, -0.05) is 0 Å². The first-order chi connectivity index (χ1) is 9.34. The summed E-state index contributed by atoms with van der Waals surface area (Å²) in [5.41, 5.74) is 10.4. The number of aryl methyl sites for hydroxylation is 1. The highest BCUT2D eigenvalue weighted by Gasteiger charge is 2.24. The molecule has 0 aliphatic carbocycles. The van der Waals surface area contributed by atoms with Gasteiger partial charge in [-0.05, 0) is 24.6 Å². The van der Waals surface area contributed by atoms with Crippen LogP contribution in [0.1, 0.15) is 15.9 Å². The van der Waals surface area contributed by atoms with E-state index in [0.717, 1.165) is 24.6 Å². The number of guanidine groups is 1. The molecule has 22 heavy (non-hydrogen) atoms. The van der Waals surface area contributed by atoms with E-state index in [1.54, 1.807) is 0 Å². The predicted molar refractivity (Wildman–Crippen MR) is 84.8 cm³/mol. The van der Waals surface area contributed by atoms with Crippen LogP contribution in [0.15, 0.2) is 26.9 Å². The van der Waals surface area contributed by atoms with Gasteiger partial charge in [0.2, 0.25) is 0 Å². The van der Waals surface area contributed by atoms with Crippen LogP contribution < -0.4 is 11.5 Å².